The summed E-state index contributed by atoms with van der Waals surface area (Å²) in [5.74, 6) is -0.209. The van der Waals surface area contributed by atoms with Crippen LogP contribution in [0.2, 0.25) is 0 Å². The molecule has 0 spiro atoms. The van der Waals surface area contributed by atoms with E-state index in [2.05, 4.69) is 17.1 Å². The Labute approximate surface area is 111 Å². The van der Waals surface area contributed by atoms with Gasteiger partial charge >= 0.3 is 0 Å². The summed E-state index contributed by atoms with van der Waals surface area (Å²) in [6, 6.07) is 5.22. The fourth-order valence-corrected chi connectivity index (χ4v) is 2.44. The van der Waals surface area contributed by atoms with Crippen LogP contribution in [0, 0.1) is 5.82 Å². The number of furan rings is 1. The van der Waals surface area contributed by atoms with E-state index in [4.69, 9.17) is 4.42 Å². The van der Waals surface area contributed by atoms with Crippen LogP contribution >= 0.6 is 12.4 Å². The fourth-order valence-electron chi connectivity index (χ4n) is 2.44. The van der Waals surface area contributed by atoms with Gasteiger partial charge in [-0.1, -0.05) is 0 Å². The van der Waals surface area contributed by atoms with Gasteiger partial charge in [-0.25, -0.2) is 4.39 Å². The molecule has 1 aromatic heterocycles. The molecular formula is C13H16ClFN2O. The maximum absolute atomic E-state index is 13.6. The van der Waals surface area contributed by atoms with Crippen LogP contribution in [0.25, 0.3) is 11.0 Å². The minimum absolute atomic E-state index is 0. The molecule has 1 atom stereocenters. The average molecular weight is 271 g/mol. The molecule has 3 rings (SSSR count). The van der Waals surface area contributed by atoms with E-state index in [1.54, 1.807) is 18.4 Å². The summed E-state index contributed by atoms with van der Waals surface area (Å²) in [4.78, 5) is 2.20. The quantitative estimate of drug-likeness (QED) is 0.864. The van der Waals surface area contributed by atoms with Crippen LogP contribution in [-0.2, 0) is 0 Å². The van der Waals surface area contributed by atoms with Crippen molar-refractivity contribution in [2.24, 2.45) is 0 Å². The normalized spacial score (nSPS) is 19.9. The van der Waals surface area contributed by atoms with Gasteiger partial charge in [-0.2, -0.15) is 0 Å². The average Bonchev–Trinajstić information content (AvgIpc) is 2.76. The number of anilines is 1. The molecule has 0 radical (unpaired) electrons. The van der Waals surface area contributed by atoms with Crippen LogP contribution in [-0.4, -0.2) is 25.7 Å². The molecule has 0 amide bonds. The molecule has 1 aliphatic rings. The molecule has 0 bridgehead atoms. The molecule has 5 heteroatoms. The second-order valence-corrected chi connectivity index (χ2v) is 4.51. The Balaban J connectivity index is 0.00000120. The molecule has 1 aliphatic heterocycles. The number of halogens is 2. The zero-order chi connectivity index (χ0) is 11.8. The predicted octanol–water partition coefficient (Wildman–Crippen LogP) is 2.79. The van der Waals surface area contributed by atoms with E-state index >= 15 is 0 Å². The highest BCUT2D eigenvalue weighted by Gasteiger charge is 2.21. The second-order valence-electron chi connectivity index (χ2n) is 4.51. The highest BCUT2D eigenvalue weighted by atomic mass is 35.5. The van der Waals surface area contributed by atoms with E-state index in [1.807, 2.05) is 0 Å². The Morgan fingerprint density at radius 1 is 1.44 bits per heavy atom. The van der Waals surface area contributed by atoms with Crippen LogP contribution in [0.1, 0.15) is 6.92 Å². The van der Waals surface area contributed by atoms with E-state index in [0.717, 1.165) is 36.3 Å². The van der Waals surface area contributed by atoms with E-state index in [-0.39, 0.29) is 18.2 Å². The zero-order valence-electron chi connectivity index (χ0n) is 10.1. The number of piperazine rings is 1. The van der Waals surface area contributed by atoms with Gasteiger partial charge in [-0.3, -0.25) is 0 Å². The summed E-state index contributed by atoms with van der Waals surface area (Å²) in [5, 5.41) is 4.15. The van der Waals surface area contributed by atoms with Gasteiger partial charge in [0.15, 0.2) is 5.58 Å². The molecule has 1 saturated heterocycles. The molecule has 0 aliphatic carbocycles. The van der Waals surface area contributed by atoms with E-state index in [1.165, 1.54) is 6.07 Å². The Hall–Kier alpha value is -1.26. The molecule has 0 saturated carbocycles. The molecule has 1 fully saturated rings. The van der Waals surface area contributed by atoms with Gasteiger partial charge < -0.3 is 14.6 Å². The molecular weight excluding hydrogens is 255 g/mol. The van der Waals surface area contributed by atoms with Gasteiger partial charge in [0, 0.05) is 37.1 Å². The Bertz CT molecular complexity index is 543. The Kier molecular flexibility index (Phi) is 3.78. The van der Waals surface area contributed by atoms with Crippen molar-refractivity contribution in [2.45, 2.75) is 13.0 Å². The highest BCUT2D eigenvalue weighted by Crippen LogP contribution is 2.30. The standard InChI is InChI=1S/C13H15FN2O.ClH/c1-9-8-15-3-4-16(9)12-7-11(14)6-10-2-5-17-13(10)12;/h2,5-7,9,15H,3-4,8H2,1H3;1H/t9-;/m0./s1. The van der Waals surface area contributed by atoms with Crippen molar-refractivity contribution in [3.63, 3.8) is 0 Å². The van der Waals surface area contributed by atoms with Gasteiger partial charge in [0.25, 0.3) is 0 Å². The molecule has 2 aromatic rings. The molecule has 1 N–H and O–H groups in total. The van der Waals surface area contributed by atoms with Crippen molar-refractivity contribution >= 4 is 29.1 Å². The number of nitrogens with zero attached hydrogens (tertiary/aromatic N) is 1. The van der Waals surface area contributed by atoms with E-state index in [0.29, 0.717) is 6.04 Å². The summed E-state index contributed by atoms with van der Waals surface area (Å²) in [6.07, 6.45) is 1.61. The number of benzene rings is 1. The third-order valence-electron chi connectivity index (χ3n) is 3.31. The van der Waals surface area contributed by atoms with Gasteiger partial charge in [0.2, 0.25) is 0 Å². The Morgan fingerprint density at radius 3 is 3.06 bits per heavy atom. The number of rotatable bonds is 1. The first-order valence-corrected chi connectivity index (χ1v) is 5.90. The zero-order valence-corrected chi connectivity index (χ0v) is 11.0. The smallest absolute Gasteiger partial charge is 0.157 e. The lowest BCUT2D eigenvalue weighted by Crippen LogP contribution is -2.50. The number of nitrogens with one attached hydrogen (secondary N) is 1. The monoisotopic (exact) mass is 270 g/mol. The second kappa shape index (κ2) is 5.16. The van der Waals surface area contributed by atoms with Crippen LogP contribution in [0.4, 0.5) is 10.1 Å². The largest absolute Gasteiger partial charge is 0.462 e. The first-order chi connectivity index (χ1) is 8.25. The number of hydrogen-bond acceptors (Lipinski definition) is 3. The molecule has 1 aromatic carbocycles. The summed E-state index contributed by atoms with van der Waals surface area (Å²) in [7, 11) is 0. The van der Waals surface area contributed by atoms with Crippen LogP contribution in [0.15, 0.2) is 28.9 Å². The van der Waals surface area contributed by atoms with Crippen molar-refractivity contribution in [1.82, 2.24) is 5.32 Å². The third-order valence-corrected chi connectivity index (χ3v) is 3.31. The summed E-state index contributed by atoms with van der Waals surface area (Å²) < 4.78 is 19.0. The molecule has 0 unspecified atom stereocenters. The van der Waals surface area contributed by atoms with E-state index in [9.17, 15) is 4.39 Å². The first kappa shape index (κ1) is 13.2. The maximum Gasteiger partial charge on any atom is 0.157 e. The first-order valence-electron chi connectivity index (χ1n) is 5.90. The summed E-state index contributed by atoms with van der Waals surface area (Å²) >= 11 is 0. The SMILES string of the molecule is C[C@H]1CNCCN1c1cc(F)cc2ccoc12.Cl. The van der Waals surface area contributed by atoms with Crippen molar-refractivity contribution in [3.05, 3.63) is 30.3 Å². The lowest BCUT2D eigenvalue weighted by atomic mass is 10.1. The third kappa shape index (κ3) is 2.18. The lowest BCUT2D eigenvalue weighted by Gasteiger charge is -2.35. The van der Waals surface area contributed by atoms with Crippen molar-refractivity contribution < 1.29 is 8.81 Å². The summed E-state index contributed by atoms with van der Waals surface area (Å²) in [5.41, 5.74) is 1.64. The number of hydrogen-bond donors (Lipinski definition) is 1. The van der Waals surface area contributed by atoms with Crippen molar-refractivity contribution in [2.75, 3.05) is 24.5 Å². The maximum atomic E-state index is 13.6. The van der Waals surface area contributed by atoms with Crippen molar-refractivity contribution in [3.8, 4) is 0 Å². The van der Waals surface area contributed by atoms with Crippen molar-refractivity contribution in [1.29, 1.82) is 0 Å². The lowest BCUT2D eigenvalue weighted by molar-refractivity contribution is 0.497. The fraction of sp³-hybridized carbons (Fsp3) is 0.385. The van der Waals surface area contributed by atoms with Gasteiger partial charge in [0.05, 0.1) is 12.0 Å². The summed E-state index contributed by atoms with van der Waals surface area (Å²) in [6.45, 7) is 4.84. The predicted molar refractivity (Wildman–Crippen MR) is 73.1 cm³/mol. The topological polar surface area (TPSA) is 28.4 Å². The minimum atomic E-state index is -0.209. The van der Waals surface area contributed by atoms with Crippen LogP contribution in [0.5, 0.6) is 0 Å². The van der Waals surface area contributed by atoms with Crippen LogP contribution < -0.4 is 10.2 Å². The number of fused-ring (bicyclic) bond motifs is 1. The Morgan fingerprint density at radius 2 is 2.28 bits per heavy atom. The van der Waals surface area contributed by atoms with Gasteiger partial charge in [-0.05, 0) is 19.1 Å². The minimum Gasteiger partial charge on any atom is -0.462 e. The highest BCUT2D eigenvalue weighted by molar-refractivity contribution is 5.89. The molecule has 3 nitrogen and oxygen atoms in total. The van der Waals surface area contributed by atoms with Gasteiger partial charge in [-0.15, -0.1) is 12.4 Å². The molecule has 2 heterocycles. The van der Waals surface area contributed by atoms with Crippen LogP contribution in [0.3, 0.4) is 0 Å². The van der Waals surface area contributed by atoms with E-state index < -0.39 is 0 Å². The van der Waals surface area contributed by atoms with Gasteiger partial charge in [0.1, 0.15) is 5.82 Å². The molecule has 18 heavy (non-hydrogen) atoms. The molecule has 98 valence electrons.